The van der Waals surface area contributed by atoms with E-state index in [4.69, 9.17) is 14.2 Å². The fourth-order valence-corrected chi connectivity index (χ4v) is 7.24. The average molecular weight is 929 g/mol. The van der Waals surface area contributed by atoms with E-state index in [1.165, 1.54) is 103 Å². The Balaban J connectivity index is 4.51. The average Bonchev–Trinajstić information content (AvgIpc) is 3.33. The van der Waals surface area contributed by atoms with E-state index < -0.39 is 6.10 Å². The van der Waals surface area contributed by atoms with Crippen LogP contribution in [0.2, 0.25) is 0 Å². The SMILES string of the molecule is CC\C=C/C=C\C=C/CCCCCCCCCC(=O)OCC(COC(=O)CCC/C=C\C/C=C\C/C=C\C/C=C\C/C=C\CC)OC(=O)CCCCCCCCC/C=C\CCCCCCCC. The van der Waals surface area contributed by atoms with Gasteiger partial charge < -0.3 is 14.2 Å². The van der Waals surface area contributed by atoms with Gasteiger partial charge in [-0.15, -0.1) is 0 Å². The zero-order valence-electron chi connectivity index (χ0n) is 43.4. The molecule has 0 saturated carbocycles. The second kappa shape index (κ2) is 54.7. The van der Waals surface area contributed by atoms with Crippen molar-refractivity contribution in [1.82, 2.24) is 0 Å². The van der Waals surface area contributed by atoms with Crippen LogP contribution in [0, 0.1) is 0 Å². The quantitative estimate of drug-likeness (QED) is 0.0199. The molecule has 380 valence electrons. The smallest absolute Gasteiger partial charge is 0.306 e. The number of carbonyl (C=O) groups excluding carboxylic acids is 3. The highest BCUT2D eigenvalue weighted by Gasteiger charge is 2.19. The Bertz CT molecular complexity index is 1390. The summed E-state index contributed by atoms with van der Waals surface area (Å²) < 4.78 is 16.8. The maximum absolute atomic E-state index is 12.8. The van der Waals surface area contributed by atoms with E-state index in [1.807, 2.05) is 0 Å². The fraction of sp³-hybridized carbons (Fsp3) is 0.656. The van der Waals surface area contributed by atoms with E-state index in [0.29, 0.717) is 19.3 Å². The summed E-state index contributed by atoms with van der Waals surface area (Å²) in [4.78, 5) is 38.1. The Morgan fingerprint density at radius 3 is 1.15 bits per heavy atom. The van der Waals surface area contributed by atoms with Gasteiger partial charge in [0.25, 0.3) is 0 Å². The van der Waals surface area contributed by atoms with Gasteiger partial charge in [-0.2, -0.15) is 0 Å². The zero-order chi connectivity index (χ0) is 48.6. The Kier molecular flexibility index (Phi) is 51.5. The molecule has 0 saturated heterocycles. The topological polar surface area (TPSA) is 78.9 Å². The molecule has 0 fully saturated rings. The Morgan fingerprint density at radius 1 is 0.328 bits per heavy atom. The number of hydrogen-bond acceptors (Lipinski definition) is 6. The molecule has 0 aromatic rings. The number of allylic oxidation sites excluding steroid dienone is 18. The van der Waals surface area contributed by atoms with Crippen molar-refractivity contribution in [3.63, 3.8) is 0 Å². The summed E-state index contributed by atoms with van der Waals surface area (Å²) in [5.74, 6) is -0.983. The lowest BCUT2D eigenvalue weighted by Crippen LogP contribution is -2.30. The minimum Gasteiger partial charge on any atom is -0.462 e. The van der Waals surface area contributed by atoms with E-state index in [9.17, 15) is 14.4 Å². The van der Waals surface area contributed by atoms with Crippen LogP contribution in [0.3, 0.4) is 0 Å². The summed E-state index contributed by atoms with van der Waals surface area (Å²) in [6.45, 7) is 6.33. The van der Waals surface area contributed by atoms with Crippen molar-refractivity contribution in [3.05, 3.63) is 109 Å². The summed E-state index contributed by atoms with van der Waals surface area (Å²) in [7, 11) is 0. The predicted molar refractivity (Wildman–Crippen MR) is 288 cm³/mol. The molecule has 0 radical (unpaired) electrons. The number of esters is 3. The van der Waals surface area contributed by atoms with E-state index in [-0.39, 0.29) is 37.5 Å². The molecule has 6 nitrogen and oxygen atoms in total. The van der Waals surface area contributed by atoms with Gasteiger partial charge in [0.15, 0.2) is 6.10 Å². The van der Waals surface area contributed by atoms with Gasteiger partial charge in [-0.1, -0.05) is 226 Å². The lowest BCUT2D eigenvalue weighted by molar-refractivity contribution is -0.167. The van der Waals surface area contributed by atoms with Crippen LogP contribution >= 0.6 is 0 Å². The van der Waals surface area contributed by atoms with Crippen LogP contribution in [0.4, 0.5) is 0 Å². The number of rotatable bonds is 48. The van der Waals surface area contributed by atoms with Crippen LogP contribution < -0.4 is 0 Å². The molecule has 1 atom stereocenters. The molecule has 0 aliphatic heterocycles. The third-order valence-corrected chi connectivity index (χ3v) is 11.3. The van der Waals surface area contributed by atoms with E-state index in [1.54, 1.807) is 0 Å². The van der Waals surface area contributed by atoms with Crippen LogP contribution in [0.25, 0.3) is 0 Å². The van der Waals surface area contributed by atoms with Crippen molar-refractivity contribution in [2.75, 3.05) is 13.2 Å². The highest BCUT2D eigenvalue weighted by molar-refractivity contribution is 5.71. The summed E-state index contributed by atoms with van der Waals surface area (Å²) in [6.07, 6.45) is 73.6. The fourth-order valence-electron chi connectivity index (χ4n) is 7.24. The van der Waals surface area contributed by atoms with Crippen molar-refractivity contribution in [2.24, 2.45) is 0 Å². The molecule has 0 bridgehead atoms. The van der Waals surface area contributed by atoms with Gasteiger partial charge >= 0.3 is 17.9 Å². The molecule has 67 heavy (non-hydrogen) atoms. The van der Waals surface area contributed by atoms with Crippen molar-refractivity contribution < 1.29 is 28.6 Å². The van der Waals surface area contributed by atoms with Crippen LogP contribution in [0.5, 0.6) is 0 Å². The normalized spacial score (nSPS) is 12.9. The van der Waals surface area contributed by atoms with Crippen molar-refractivity contribution in [1.29, 1.82) is 0 Å². The maximum atomic E-state index is 12.8. The minimum absolute atomic E-state index is 0.105. The van der Waals surface area contributed by atoms with Gasteiger partial charge in [-0.05, 0) is 103 Å². The van der Waals surface area contributed by atoms with Crippen LogP contribution in [-0.2, 0) is 28.6 Å². The van der Waals surface area contributed by atoms with Crippen molar-refractivity contribution in [2.45, 2.75) is 245 Å². The molecular formula is C61H100O6. The van der Waals surface area contributed by atoms with Gasteiger partial charge in [0.05, 0.1) is 0 Å². The molecule has 0 heterocycles. The summed E-state index contributed by atoms with van der Waals surface area (Å²) >= 11 is 0. The van der Waals surface area contributed by atoms with E-state index in [0.717, 1.165) is 89.9 Å². The Hall–Kier alpha value is -3.93. The highest BCUT2D eigenvalue weighted by atomic mass is 16.6. The number of carbonyl (C=O) groups is 3. The Labute approximate surface area is 412 Å². The minimum atomic E-state index is -0.810. The first-order valence-electron chi connectivity index (χ1n) is 27.4. The molecule has 0 N–H and O–H groups in total. The molecule has 6 heteroatoms. The molecule has 0 aliphatic carbocycles. The second-order valence-corrected chi connectivity index (χ2v) is 17.8. The summed E-state index contributed by atoms with van der Waals surface area (Å²) in [5, 5.41) is 0. The second-order valence-electron chi connectivity index (χ2n) is 17.8. The highest BCUT2D eigenvalue weighted by Crippen LogP contribution is 2.14. The van der Waals surface area contributed by atoms with Gasteiger partial charge in [0.1, 0.15) is 13.2 Å². The van der Waals surface area contributed by atoms with Crippen LogP contribution in [-0.4, -0.2) is 37.2 Å². The molecule has 0 rings (SSSR count). The summed E-state index contributed by atoms with van der Waals surface area (Å²) in [6, 6.07) is 0. The van der Waals surface area contributed by atoms with Gasteiger partial charge in [0, 0.05) is 19.3 Å². The van der Waals surface area contributed by atoms with Gasteiger partial charge in [0.2, 0.25) is 0 Å². The molecule has 0 amide bonds. The first-order chi connectivity index (χ1) is 33.0. The third kappa shape index (κ3) is 52.9. The molecule has 0 aliphatic rings. The number of hydrogen-bond donors (Lipinski definition) is 0. The van der Waals surface area contributed by atoms with E-state index in [2.05, 4.69) is 130 Å². The molecule has 0 aromatic carbocycles. The van der Waals surface area contributed by atoms with Crippen LogP contribution in [0.15, 0.2) is 109 Å². The number of unbranched alkanes of at least 4 members (excludes halogenated alkanes) is 21. The molecular weight excluding hydrogens is 829 g/mol. The molecule has 0 aromatic heterocycles. The van der Waals surface area contributed by atoms with Gasteiger partial charge in [-0.25, -0.2) is 0 Å². The molecule has 0 spiro atoms. The predicted octanol–water partition coefficient (Wildman–Crippen LogP) is 18.3. The standard InChI is InChI=1S/C61H100O6/c1-4-7-10-13-16-19-22-25-28-30-33-36-39-42-45-48-51-54-60(63)66-57-58(56-65-59(62)53-50-47-44-41-38-35-32-27-24-21-18-15-12-9-6-3)67-61(64)55-52-49-46-43-40-37-34-31-29-26-23-20-17-14-11-8-5-2/h7,9-10,12,15-16,18-19,21,24-26,28-29,33,36,42,45,58H,4-6,8,11,13-14,17,20,22-23,27,30-32,34-35,37-41,43-44,46-57H2,1-3H3/b10-7-,12-9-,18-15-,19-16-,24-21-,28-25-,29-26-,36-33-,45-42-. The molecule has 1 unspecified atom stereocenters. The summed E-state index contributed by atoms with van der Waals surface area (Å²) in [5.41, 5.74) is 0. The first kappa shape index (κ1) is 63.1. The lowest BCUT2D eigenvalue weighted by Gasteiger charge is -2.18. The van der Waals surface area contributed by atoms with E-state index >= 15 is 0 Å². The van der Waals surface area contributed by atoms with Gasteiger partial charge in [-0.3, -0.25) is 14.4 Å². The zero-order valence-corrected chi connectivity index (χ0v) is 43.4. The maximum Gasteiger partial charge on any atom is 0.306 e. The number of ether oxygens (including phenoxy) is 3. The lowest BCUT2D eigenvalue weighted by atomic mass is 10.1. The first-order valence-corrected chi connectivity index (χ1v) is 27.4. The van der Waals surface area contributed by atoms with Crippen LogP contribution in [0.1, 0.15) is 239 Å². The Morgan fingerprint density at radius 2 is 0.672 bits per heavy atom. The van der Waals surface area contributed by atoms with Crippen molar-refractivity contribution >= 4 is 17.9 Å². The third-order valence-electron chi connectivity index (χ3n) is 11.3. The monoisotopic (exact) mass is 929 g/mol. The largest absolute Gasteiger partial charge is 0.462 e. The van der Waals surface area contributed by atoms with Crippen molar-refractivity contribution in [3.8, 4) is 0 Å².